The first-order valence-electron chi connectivity index (χ1n) is 8.07. The first-order chi connectivity index (χ1) is 11.7. The Morgan fingerprint density at radius 3 is 2.44 bits per heavy atom. The standard InChI is InChI=1S/C15H28N2O8/c1-16(7-10(19)13(22)14(23)11(20)8-18)15(24)9-5-12(21)17(6-9)3-4-25-2/h9-11,13-14,18-20,22-23H,3-8H2,1-2H3. The molecule has 0 saturated carbocycles. The molecule has 1 aliphatic heterocycles. The molecule has 2 amide bonds. The Balaban J connectivity index is 2.55. The normalized spacial score (nSPS) is 22.6. The minimum atomic E-state index is -1.75. The summed E-state index contributed by atoms with van der Waals surface area (Å²) in [4.78, 5) is 27.0. The van der Waals surface area contributed by atoms with Gasteiger partial charge < -0.3 is 40.1 Å². The summed E-state index contributed by atoms with van der Waals surface area (Å²) in [7, 11) is 2.93. The number of rotatable bonds is 10. The third kappa shape index (κ3) is 5.87. The molecule has 0 bridgehead atoms. The number of likely N-dealkylation sites (N-methyl/N-ethyl adjacent to an activating group) is 1. The molecule has 5 atom stereocenters. The largest absolute Gasteiger partial charge is 0.394 e. The number of likely N-dealkylation sites (tertiary alicyclic amines) is 1. The zero-order valence-electron chi connectivity index (χ0n) is 14.5. The summed E-state index contributed by atoms with van der Waals surface area (Å²) >= 11 is 0. The molecule has 10 heteroatoms. The Bertz CT molecular complexity index is 449. The second-order valence-electron chi connectivity index (χ2n) is 6.25. The molecule has 0 aliphatic carbocycles. The van der Waals surface area contributed by atoms with E-state index in [4.69, 9.17) is 9.84 Å². The van der Waals surface area contributed by atoms with Gasteiger partial charge in [-0.2, -0.15) is 0 Å². The molecule has 0 radical (unpaired) electrons. The lowest BCUT2D eigenvalue weighted by Crippen LogP contribution is -2.50. The molecule has 5 N–H and O–H groups in total. The van der Waals surface area contributed by atoms with Crippen molar-refractivity contribution in [2.75, 3.05) is 47.0 Å². The molecule has 5 unspecified atom stereocenters. The first kappa shape index (κ1) is 21.7. The summed E-state index contributed by atoms with van der Waals surface area (Å²) in [6, 6.07) is 0. The van der Waals surface area contributed by atoms with Crippen LogP contribution in [0, 0.1) is 5.92 Å². The van der Waals surface area contributed by atoms with Gasteiger partial charge in [-0.05, 0) is 0 Å². The van der Waals surface area contributed by atoms with Gasteiger partial charge in [0, 0.05) is 40.2 Å². The average Bonchev–Trinajstić information content (AvgIpc) is 2.97. The lowest BCUT2D eigenvalue weighted by molar-refractivity contribution is -0.141. The monoisotopic (exact) mass is 364 g/mol. The van der Waals surface area contributed by atoms with E-state index in [1.54, 1.807) is 0 Å². The van der Waals surface area contributed by atoms with Crippen molar-refractivity contribution in [2.45, 2.75) is 30.8 Å². The lowest BCUT2D eigenvalue weighted by Gasteiger charge is -2.29. The Labute approximate surface area is 146 Å². The SMILES string of the molecule is COCCN1CC(C(=O)N(C)CC(O)C(O)C(O)C(O)CO)CC1=O. The summed E-state index contributed by atoms with van der Waals surface area (Å²) in [6.45, 7) is -0.0388. The molecule has 0 aromatic heterocycles. The predicted molar refractivity (Wildman–Crippen MR) is 85.3 cm³/mol. The molecule has 1 aliphatic rings. The average molecular weight is 364 g/mol. The molecule has 0 spiro atoms. The van der Waals surface area contributed by atoms with E-state index < -0.39 is 36.9 Å². The van der Waals surface area contributed by atoms with Crippen LogP contribution in [0.15, 0.2) is 0 Å². The number of aliphatic hydroxyl groups is 5. The Morgan fingerprint density at radius 1 is 1.28 bits per heavy atom. The van der Waals surface area contributed by atoms with Gasteiger partial charge in [0.2, 0.25) is 11.8 Å². The topological polar surface area (TPSA) is 151 Å². The molecule has 25 heavy (non-hydrogen) atoms. The molecular formula is C15H28N2O8. The smallest absolute Gasteiger partial charge is 0.227 e. The molecule has 1 fully saturated rings. The zero-order chi connectivity index (χ0) is 19.1. The number of hydrogen-bond donors (Lipinski definition) is 5. The van der Waals surface area contributed by atoms with Crippen LogP contribution in [0.1, 0.15) is 6.42 Å². The number of carbonyl (C=O) groups is 2. The highest BCUT2D eigenvalue weighted by Crippen LogP contribution is 2.20. The third-order valence-electron chi connectivity index (χ3n) is 4.29. The van der Waals surface area contributed by atoms with E-state index in [1.165, 1.54) is 24.0 Å². The van der Waals surface area contributed by atoms with Crippen LogP contribution >= 0.6 is 0 Å². The van der Waals surface area contributed by atoms with Gasteiger partial charge in [0.25, 0.3) is 0 Å². The molecule has 1 heterocycles. The quantitative estimate of drug-likeness (QED) is 0.266. The van der Waals surface area contributed by atoms with Crippen molar-refractivity contribution in [3.05, 3.63) is 0 Å². The van der Waals surface area contributed by atoms with Crippen molar-refractivity contribution in [3.8, 4) is 0 Å². The van der Waals surface area contributed by atoms with Crippen LogP contribution in [0.4, 0.5) is 0 Å². The third-order valence-corrected chi connectivity index (χ3v) is 4.29. The second-order valence-corrected chi connectivity index (χ2v) is 6.25. The number of methoxy groups -OCH3 is 1. The molecule has 1 saturated heterocycles. The lowest BCUT2D eigenvalue weighted by atomic mass is 10.0. The summed E-state index contributed by atoms with van der Waals surface area (Å²) in [5, 5.41) is 47.3. The number of ether oxygens (including phenoxy) is 1. The summed E-state index contributed by atoms with van der Waals surface area (Å²) in [5.41, 5.74) is 0. The van der Waals surface area contributed by atoms with Crippen LogP contribution < -0.4 is 0 Å². The van der Waals surface area contributed by atoms with Crippen molar-refractivity contribution < 1.29 is 39.9 Å². The van der Waals surface area contributed by atoms with Crippen molar-refractivity contribution in [2.24, 2.45) is 5.92 Å². The fraction of sp³-hybridized carbons (Fsp3) is 0.867. The number of hydrogen-bond acceptors (Lipinski definition) is 8. The van der Waals surface area contributed by atoms with E-state index in [0.717, 1.165) is 0 Å². The van der Waals surface area contributed by atoms with Gasteiger partial charge in [-0.1, -0.05) is 0 Å². The molecule has 10 nitrogen and oxygen atoms in total. The van der Waals surface area contributed by atoms with Gasteiger partial charge in [0.15, 0.2) is 0 Å². The second kappa shape index (κ2) is 10.00. The number of carbonyl (C=O) groups excluding carboxylic acids is 2. The Morgan fingerprint density at radius 2 is 1.88 bits per heavy atom. The molecule has 0 aromatic carbocycles. The number of aliphatic hydroxyl groups excluding tert-OH is 5. The van der Waals surface area contributed by atoms with E-state index >= 15 is 0 Å². The van der Waals surface area contributed by atoms with Gasteiger partial charge >= 0.3 is 0 Å². The molecule has 146 valence electrons. The Hall–Kier alpha value is -1.30. The maximum absolute atomic E-state index is 12.4. The molecular weight excluding hydrogens is 336 g/mol. The van der Waals surface area contributed by atoms with Gasteiger partial charge in [-0.25, -0.2) is 0 Å². The van der Waals surface area contributed by atoms with E-state index in [2.05, 4.69) is 0 Å². The van der Waals surface area contributed by atoms with Gasteiger partial charge in [-0.3, -0.25) is 9.59 Å². The van der Waals surface area contributed by atoms with Crippen LogP contribution in [0.2, 0.25) is 0 Å². The minimum Gasteiger partial charge on any atom is -0.394 e. The van der Waals surface area contributed by atoms with Gasteiger partial charge in [-0.15, -0.1) is 0 Å². The van der Waals surface area contributed by atoms with E-state index in [0.29, 0.717) is 13.2 Å². The highest BCUT2D eigenvalue weighted by molar-refractivity contribution is 5.89. The fourth-order valence-corrected chi connectivity index (χ4v) is 2.71. The van der Waals surface area contributed by atoms with Gasteiger partial charge in [0.1, 0.15) is 24.4 Å². The first-order valence-corrected chi connectivity index (χ1v) is 8.07. The fourth-order valence-electron chi connectivity index (χ4n) is 2.71. The summed E-state index contributed by atoms with van der Waals surface area (Å²) in [6.07, 6.45) is -6.54. The van der Waals surface area contributed by atoms with Crippen molar-refractivity contribution in [1.82, 2.24) is 9.80 Å². The summed E-state index contributed by atoms with van der Waals surface area (Å²) in [5.74, 6) is -1.06. The predicted octanol–water partition coefficient (Wildman–Crippen LogP) is -3.62. The highest BCUT2D eigenvalue weighted by Gasteiger charge is 2.37. The minimum absolute atomic E-state index is 0.0669. The van der Waals surface area contributed by atoms with Crippen molar-refractivity contribution >= 4 is 11.8 Å². The van der Waals surface area contributed by atoms with Crippen LogP contribution in [-0.4, -0.2) is 119 Å². The van der Waals surface area contributed by atoms with E-state index in [1.807, 2.05) is 0 Å². The van der Waals surface area contributed by atoms with Crippen LogP contribution in [0.3, 0.4) is 0 Å². The van der Waals surface area contributed by atoms with Crippen LogP contribution in [-0.2, 0) is 14.3 Å². The number of nitrogens with zero attached hydrogens (tertiary/aromatic N) is 2. The molecule has 1 rings (SSSR count). The van der Waals surface area contributed by atoms with Crippen molar-refractivity contribution in [3.63, 3.8) is 0 Å². The molecule has 0 aromatic rings. The van der Waals surface area contributed by atoms with Crippen LogP contribution in [0.5, 0.6) is 0 Å². The van der Waals surface area contributed by atoms with Crippen LogP contribution in [0.25, 0.3) is 0 Å². The highest BCUT2D eigenvalue weighted by atomic mass is 16.5. The van der Waals surface area contributed by atoms with E-state index in [9.17, 15) is 30.0 Å². The van der Waals surface area contributed by atoms with Gasteiger partial charge in [0.05, 0.1) is 19.1 Å². The number of amides is 2. The van der Waals surface area contributed by atoms with Crippen molar-refractivity contribution in [1.29, 1.82) is 0 Å². The Kier molecular flexibility index (Phi) is 8.69. The summed E-state index contributed by atoms with van der Waals surface area (Å²) < 4.78 is 4.91. The maximum atomic E-state index is 12.4. The zero-order valence-corrected chi connectivity index (χ0v) is 14.5. The van der Waals surface area contributed by atoms with E-state index in [-0.39, 0.29) is 31.3 Å². The maximum Gasteiger partial charge on any atom is 0.227 e.